The summed E-state index contributed by atoms with van der Waals surface area (Å²) in [7, 11) is 1.36. The molecule has 1 saturated heterocycles. The molecule has 7 heteroatoms. The average Bonchev–Trinajstić information content (AvgIpc) is 3.54. The van der Waals surface area contributed by atoms with Gasteiger partial charge in [-0.05, 0) is 84.8 Å². The van der Waals surface area contributed by atoms with Crippen LogP contribution in [0.3, 0.4) is 0 Å². The zero-order chi connectivity index (χ0) is 27.8. The van der Waals surface area contributed by atoms with Crippen molar-refractivity contribution in [3.63, 3.8) is 0 Å². The van der Waals surface area contributed by atoms with Crippen LogP contribution in [0.15, 0.2) is 53.1 Å². The van der Waals surface area contributed by atoms with E-state index in [1.165, 1.54) is 7.11 Å². The first kappa shape index (κ1) is 26.4. The molecule has 1 aliphatic carbocycles. The summed E-state index contributed by atoms with van der Waals surface area (Å²) in [5, 5.41) is 0.827. The molecule has 1 aromatic heterocycles. The molecule has 1 aliphatic heterocycles. The van der Waals surface area contributed by atoms with Gasteiger partial charge < -0.3 is 23.4 Å². The van der Waals surface area contributed by atoms with Gasteiger partial charge in [0.1, 0.15) is 35.1 Å². The van der Waals surface area contributed by atoms with Crippen LogP contribution >= 0.6 is 0 Å². The number of ether oxygens (including phenoxy) is 4. The first-order valence-electron chi connectivity index (χ1n) is 13.8. The molecule has 0 saturated carbocycles. The molecule has 0 bridgehead atoms. The van der Waals surface area contributed by atoms with Crippen molar-refractivity contribution in [3.05, 3.63) is 82.4 Å². The quantitative estimate of drug-likeness (QED) is 0.229. The molecule has 4 aromatic rings. The van der Waals surface area contributed by atoms with E-state index in [1.807, 2.05) is 18.2 Å². The minimum atomic E-state index is -0.409. The highest BCUT2D eigenvalue weighted by Gasteiger charge is 2.31. The number of benzene rings is 3. The number of carbonyl (C=O) groups excluding carboxylic acids is 1. The average molecular weight is 545 g/mol. The molecule has 6 rings (SSSR count). The minimum Gasteiger partial charge on any atom is -0.490 e. The number of aryl methyl sites for hydroxylation is 2. The lowest BCUT2D eigenvalue weighted by atomic mass is 9.90. The number of furan rings is 1. The van der Waals surface area contributed by atoms with Crippen molar-refractivity contribution in [2.75, 3.05) is 20.3 Å². The molecule has 2 aliphatic rings. The second kappa shape index (κ2) is 11.0. The number of hydrogen-bond donors (Lipinski definition) is 0. The highest BCUT2D eigenvalue weighted by atomic mass is 19.1. The van der Waals surface area contributed by atoms with Crippen molar-refractivity contribution in [3.8, 4) is 22.6 Å². The lowest BCUT2D eigenvalue weighted by Crippen LogP contribution is -2.25. The predicted molar refractivity (Wildman–Crippen MR) is 149 cm³/mol. The third kappa shape index (κ3) is 5.06. The molecule has 0 amide bonds. The smallest absolute Gasteiger partial charge is 0.310 e. The molecule has 1 atom stereocenters. The van der Waals surface area contributed by atoms with Crippen LogP contribution in [0.4, 0.5) is 4.39 Å². The summed E-state index contributed by atoms with van der Waals surface area (Å²) in [6.07, 6.45) is 4.65. The lowest BCUT2D eigenvalue weighted by Gasteiger charge is -2.24. The van der Waals surface area contributed by atoms with Gasteiger partial charge in [-0.2, -0.15) is 0 Å². The van der Waals surface area contributed by atoms with E-state index in [1.54, 1.807) is 18.4 Å². The molecule has 1 fully saturated rings. The van der Waals surface area contributed by atoms with E-state index in [9.17, 15) is 4.79 Å². The molecule has 0 radical (unpaired) electrons. The maximum atomic E-state index is 15.3. The number of fused-ring (bicyclic) bond motifs is 2. The van der Waals surface area contributed by atoms with Gasteiger partial charge in [0.2, 0.25) is 0 Å². The number of esters is 1. The fraction of sp³-hybridized carbons (Fsp3) is 0.364. The summed E-state index contributed by atoms with van der Waals surface area (Å²) in [5.41, 5.74) is 7.34. The highest BCUT2D eigenvalue weighted by Crippen LogP contribution is 2.44. The van der Waals surface area contributed by atoms with Crippen LogP contribution in [-0.4, -0.2) is 32.4 Å². The maximum absolute atomic E-state index is 15.3. The Kier molecular flexibility index (Phi) is 7.24. The molecule has 0 N–H and O–H groups in total. The van der Waals surface area contributed by atoms with Crippen molar-refractivity contribution in [2.45, 2.75) is 58.2 Å². The molecular formula is C33H33FO6. The fourth-order valence-electron chi connectivity index (χ4n) is 6.09. The van der Waals surface area contributed by atoms with Crippen LogP contribution in [0.2, 0.25) is 0 Å². The van der Waals surface area contributed by atoms with Gasteiger partial charge in [-0.15, -0.1) is 0 Å². The Morgan fingerprint density at radius 1 is 0.975 bits per heavy atom. The summed E-state index contributed by atoms with van der Waals surface area (Å²) in [4.78, 5) is 11.7. The van der Waals surface area contributed by atoms with Crippen molar-refractivity contribution in [1.82, 2.24) is 0 Å². The number of methoxy groups -OCH3 is 1. The van der Waals surface area contributed by atoms with Crippen molar-refractivity contribution in [2.24, 2.45) is 0 Å². The molecule has 6 nitrogen and oxygen atoms in total. The highest BCUT2D eigenvalue weighted by molar-refractivity contribution is 5.86. The third-order valence-electron chi connectivity index (χ3n) is 8.00. The van der Waals surface area contributed by atoms with E-state index in [2.05, 4.69) is 26.0 Å². The Hall–Kier alpha value is -3.84. The monoisotopic (exact) mass is 544 g/mol. The van der Waals surface area contributed by atoms with Gasteiger partial charge >= 0.3 is 5.97 Å². The van der Waals surface area contributed by atoms with Crippen LogP contribution in [0, 0.1) is 19.7 Å². The van der Waals surface area contributed by atoms with Crippen molar-refractivity contribution in [1.29, 1.82) is 0 Å². The molecule has 3 aromatic carbocycles. The summed E-state index contributed by atoms with van der Waals surface area (Å²) >= 11 is 0. The molecule has 2 heterocycles. The van der Waals surface area contributed by atoms with Crippen LogP contribution in [-0.2, 0) is 27.1 Å². The first-order chi connectivity index (χ1) is 19.4. The number of hydrogen-bond acceptors (Lipinski definition) is 6. The van der Waals surface area contributed by atoms with Crippen molar-refractivity contribution >= 4 is 16.9 Å². The minimum absolute atomic E-state index is 0.134. The summed E-state index contributed by atoms with van der Waals surface area (Å²) in [5.74, 6) is 0.879. The van der Waals surface area contributed by atoms with E-state index in [0.29, 0.717) is 23.3 Å². The van der Waals surface area contributed by atoms with Crippen LogP contribution in [0.5, 0.6) is 11.5 Å². The maximum Gasteiger partial charge on any atom is 0.310 e. The van der Waals surface area contributed by atoms with Gasteiger partial charge in [0, 0.05) is 35.4 Å². The second-order valence-corrected chi connectivity index (χ2v) is 10.7. The van der Waals surface area contributed by atoms with Crippen molar-refractivity contribution < 1.29 is 32.5 Å². The zero-order valence-corrected chi connectivity index (χ0v) is 23.1. The van der Waals surface area contributed by atoms with Gasteiger partial charge in [-0.25, -0.2) is 4.39 Å². The summed E-state index contributed by atoms with van der Waals surface area (Å²) in [6, 6.07) is 13.1. The largest absolute Gasteiger partial charge is 0.490 e. The second-order valence-electron chi connectivity index (χ2n) is 10.7. The van der Waals surface area contributed by atoms with Gasteiger partial charge in [-0.3, -0.25) is 4.79 Å². The topological polar surface area (TPSA) is 67.1 Å². The standard InChI is InChI=1S/C33H33FO6/c1-19-14-24(39-22-10-12-37-13-11-22)15-20(2)32(19)26-6-8-28(34)33-27(26)7-9-29(33)40-23-4-5-25-21(16-31(35)36-3)18-38-30(25)17-23/h4-6,8,14-15,17-18,22,29H,7,9-13,16H2,1-3H3/t29-/m1/s1. The predicted octanol–water partition coefficient (Wildman–Crippen LogP) is 7.20. The summed E-state index contributed by atoms with van der Waals surface area (Å²) < 4.78 is 43.8. The van der Waals surface area contributed by atoms with Gasteiger partial charge in [0.25, 0.3) is 0 Å². The Balaban J connectivity index is 1.26. The SMILES string of the molecule is COC(=O)Cc1coc2cc(O[C@@H]3CCc4c(-c5c(C)cc(OC6CCOCC6)cc5C)ccc(F)c43)ccc12. The summed E-state index contributed by atoms with van der Waals surface area (Å²) in [6.45, 7) is 5.64. The first-order valence-corrected chi connectivity index (χ1v) is 13.8. The lowest BCUT2D eigenvalue weighted by molar-refractivity contribution is -0.139. The third-order valence-corrected chi connectivity index (χ3v) is 8.00. The number of carbonyl (C=O) groups is 1. The van der Waals surface area contributed by atoms with E-state index >= 15 is 4.39 Å². The number of halogens is 1. The van der Waals surface area contributed by atoms with Crippen LogP contribution in [0.1, 0.15) is 53.2 Å². The van der Waals surface area contributed by atoms with E-state index in [-0.39, 0.29) is 24.3 Å². The fourth-order valence-corrected chi connectivity index (χ4v) is 6.09. The van der Waals surface area contributed by atoms with Crippen LogP contribution < -0.4 is 9.47 Å². The van der Waals surface area contributed by atoms with Gasteiger partial charge in [0.15, 0.2) is 0 Å². The Labute approximate surface area is 233 Å². The van der Waals surface area contributed by atoms with Crippen LogP contribution in [0.25, 0.3) is 22.1 Å². The molecule has 0 unspecified atom stereocenters. The Morgan fingerprint density at radius 2 is 1.75 bits per heavy atom. The molecule has 208 valence electrons. The van der Waals surface area contributed by atoms with Gasteiger partial charge in [0.05, 0.1) is 33.0 Å². The zero-order valence-electron chi connectivity index (χ0n) is 23.1. The van der Waals surface area contributed by atoms with Gasteiger partial charge in [-0.1, -0.05) is 6.07 Å². The number of rotatable bonds is 7. The van der Waals surface area contributed by atoms with E-state index < -0.39 is 6.10 Å². The van der Waals surface area contributed by atoms with E-state index in [0.717, 1.165) is 77.0 Å². The Morgan fingerprint density at radius 3 is 2.50 bits per heavy atom. The Bertz CT molecular complexity index is 1540. The van der Waals surface area contributed by atoms with E-state index in [4.69, 9.17) is 23.4 Å². The molecular weight excluding hydrogens is 511 g/mol. The normalized spacial score (nSPS) is 17.1. The molecule has 40 heavy (non-hydrogen) atoms. The molecule has 0 spiro atoms.